The van der Waals surface area contributed by atoms with E-state index < -0.39 is 23.9 Å². The Morgan fingerprint density at radius 1 is 1.69 bits per heavy atom. The molecule has 0 unspecified atom stereocenters. The molecule has 8 heteroatoms. The largest absolute Gasteiger partial charge is 0.388 e. The fraction of sp³-hybridized carbons (Fsp3) is 1.00. The lowest BCUT2D eigenvalue weighted by Crippen LogP contribution is -2.42. The molecular weight excluding hydrogens is 288 g/mol. The molecule has 4 atom stereocenters. The number of ether oxygens (including phenoxy) is 1. The van der Waals surface area contributed by atoms with Crippen LogP contribution in [0.15, 0.2) is 5.11 Å². The molecule has 0 aromatic carbocycles. The molecule has 1 saturated heterocycles. The molecule has 13 heavy (non-hydrogen) atoms. The number of nitrogens with zero attached hydrogens (tertiary/aromatic N) is 3. The third kappa shape index (κ3) is 1.77. The first-order chi connectivity index (χ1) is 6.07. The molecule has 0 amide bonds. The van der Waals surface area contributed by atoms with E-state index in [1.165, 1.54) is 0 Å². The summed E-state index contributed by atoms with van der Waals surface area (Å²) >= 11 is 1.88. The summed E-state index contributed by atoms with van der Waals surface area (Å²) in [5.41, 5.74) is 6.82. The number of alkyl halides is 1. The van der Waals surface area contributed by atoms with Gasteiger partial charge in [-0.25, -0.2) is 0 Å². The van der Waals surface area contributed by atoms with E-state index in [0.29, 0.717) is 0 Å². The Morgan fingerprint density at radius 2 is 2.31 bits per heavy atom. The van der Waals surface area contributed by atoms with Crippen LogP contribution in [0.1, 0.15) is 0 Å². The highest BCUT2D eigenvalue weighted by Gasteiger charge is 2.51. The maximum atomic E-state index is 9.48. The molecule has 0 aromatic rings. The van der Waals surface area contributed by atoms with Crippen molar-refractivity contribution in [2.75, 3.05) is 4.43 Å². The van der Waals surface area contributed by atoms with Crippen molar-refractivity contribution in [1.29, 1.82) is 0 Å². The molecule has 1 heterocycles. The lowest BCUT2D eigenvalue weighted by atomic mass is 9.92. The number of rotatable bonds is 2. The van der Waals surface area contributed by atoms with Crippen LogP contribution >= 0.6 is 22.6 Å². The lowest BCUT2D eigenvalue weighted by molar-refractivity contribution is -0.0444. The lowest BCUT2D eigenvalue weighted by Gasteiger charge is -2.23. The second-order valence-corrected chi connectivity index (χ2v) is 3.45. The van der Waals surface area contributed by atoms with Gasteiger partial charge in [0.05, 0.1) is 0 Å². The van der Waals surface area contributed by atoms with Gasteiger partial charge >= 0.3 is 0 Å². The molecular formula is C5H7BIN3O3. The minimum atomic E-state index is -1.44. The van der Waals surface area contributed by atoms with Crippen LogP contribution in [0.25, 0.3) is 10.4 Å². The number of hydrogen-bond acceptors (Lipinski definition) is 4. The normalized spacial score (nSPS) is 44.4. The zero-order valence-electron chi connectivity index (χ0n) is 6.54. The van der Waals surface area contributed by atoms with Crippen molar-refractivity contribution in [3.05, 3.63) is 10.4 Å². The van der Waals surface area contributed by atoms with Gasteiger partial charge in [0.1, 0.15) is 20.1 Å². The Hall–Kier alpha value is -0.0151. The van der Waals surface area contributed by atoms with E-state index in [2.05, 4.69) is 10.0 Å². The van der Waals surface area contributed by atoms with Gasteiger partial charge in [0.15, 0.2) is 5.72 Å². The smallest absolute Gasteiger partial charge is 0.183 e. The summed E-state index contributed by atoms with van der Waals surface area (Å²) in [6, 6.07) is -1.02. The van der Waals surface area contributed by atoms with Crippen LogP contribution in [0.2, 0.25) is 0 Å². The second-order valence-electron chi connectivity index (χ2n) is 2.69. The van der Waals surface area contributed by atoms with E-state index in [1.54, 1.807) is 0 Å². The second kappa shape index (κ2) is 4.01. The number of aliphatic hydroxyl groups is 2. The van der Waals surface area contributed by atoms with Gasteiger partial charge in [0, 0.05) is 15.3 Å². The molecule has 0 saturated carbocycles. The molecule has 1 aliphatic rings. The first-order valence-corrected chi connectivity index (χ1v) is 5.01. The van der Waals surface area contributed by atoms with Crippen LogP contribution in [0.5, 0.6) is 0 Å². The summed E-state index contributed by atoms with van der Waals surface area (Å²) in [6.45, 7) is 0. The molecule has 0 aliphatic carbocycles. The van der Waals surface area contributed by atoms with Crippen LogP contribution in [0.3, 0.4) is 0 Å². The van der Waals surface area contributed by atoms with Crippen LogP contribution in [0.4, 0.5) is 0 Å². The van der Waals surface area contributed by atoms with Gasteiger partial charge in [-0.2, -0.15) is 0 Å². The van der Waals surface area contributed by atoms with Crippen molar-refractivity contribution in [2.24, 2.45) is 5.11 Å². The number of azide groups is 1. The Labute approximate surface area is 89.4 Å². The minimum absolute atomic E-state index is 0.223. The predicted octanol–water partition coefficient (Wildman–Crippen LogP) is -0.325. The predicted molar refractivity (Wildman–Crippen MR) is 53.4 cm³/mol. The first-order valence-electron chi connectivity index (χ1n) is 3.49. The van der Waals surface area contributed by atoms with Gasteiger partial charge < -0.3 is 14.9 Å². The summed E-state index contributed by atoms with van der Waals surface area (Å²) in [5.74, 6) is 0. The van der Waals surface area contributed by atoms with Crippen molar-refractivity contribution >= 4 is 30.4 Å². The maximum absolute atomic E-state index is 9.48. The van der Waals surface area contributed by atoms with E-state index in [1.807, 2.05) is 22.6 Å². The van der Waals surface area contributed by atoms with Gasteiger partial charge in [-0.15, -0.1) is 0 Å². The van der Waals surface area contributed by atoms with E-state index in [0.717, 1.165) is 0 Å². The Bertz CT molecular complexity index is 249. The fourth-order valence-corrected chi connectivity index (χ4v) is 1.90. The van der Waals surface area contributed by atoms with Crippen LogP contribution in [-0.4, -0.2) is 46.4 Å². The molecule has 2 N–H and O–H groups in total. The van der Waals surface area contributed by atoms with Crippen molar-refractivity contribution in [2.45, 2.75) is 23.9 Å². The van der Waals surface area contributed by atoms with Crippen molar-refractivity contribution in [3.8, 4) is 0 Å². The molecule has 70 valence electrons. The molecule has 0 aromatic heterocycles. The summed E-state index contributed by atoms with van der Waals surface area (Å²) in [5, 5.41) is 22.1. The van der Waals surface area contributed by atoms with Gasteiger partial charge in [-0.05, 0) is 5.53 Å². The van der Waals surface area contributed by atoms with Crippen molar-refractivity contribution < 1.29 is 14.9 Å². The molecule has 0 bridgehead atoms. The summed E-state index contributed by atoms with van der Waals surface area (Å²) < 4.78 is 5.24. The van der Waals surface area contributed by atoms with Crippen molar-refractivity contribution in [1.82, 2.24) is 0 Å². The highest BCUT2D eigenvalue weighted by atomic mass is 127. The summed E-state index contributed by atoms with van der Waals surface area (Å²) in [7, 11) is 5.33. The average Bonchev–Trinajstić information content (AvgIpc) is 2.32. The third-order valence-corrected chi connectivity index (χ3v) is 2.96. The highest BCUT2D eigenvalue weighted by Crippen LogP contribution is 2.33. The fourth-order valence-electron chi connectivity index (χ4n) is 1.12. The molecule has 0 spiro atoms. The SMILES string of the molecule is [B][C@@H]1O[C@@](CI)(N=[N+]=[N-])[C@@H](O)[C@H]1O. The Balaban J connectivity index is 2.95. The summed E-state index contributed by atoms with van der Waals surface area (Å²) in [6.07, 6.45) is -2.50. The van der Waals surface area contributed by atoms with E-state index in [4.69, 9.17) is 18.1 Å². The highest BCUT2D eigenvalue weighted by molar-refractivity contribution is 14.1. The Morgan fingerprint density at radius 3 is 2.62 bits per heavy atom. The average molecular weight is 295 g/mol. The minimum Gasteiger partial charge on any atom is -0.388 e. The molecule has 1 rings (SSSR count). The van der Waals surface area contributed by atoms with Gasteiger partial charge in [-0.3, -0.25) is 0 Å². The Kier molecular flexibility index (Phi) is 3.41. The third-order valence-electron chi connectivity index (χ3n) is 1.87. The van der Waals surface area contributed by atoms with Gasteiger partial charge in [0.2, 0.25) is 0 Å². The van der Waals surface area contributed by atoms with Crippen molar-refractivity contribution in [3.63, 3.8) is 0 Å². The van der Waals surface area contributed by atoms with Crippen LogP contribution in [-0.2, 0) is 4.74 Å². The molecule has 6 nitrogen and oxygen atoms in total. The number of hydrogen-bond donors (Lipinski definition) is 2. The molecule has 2 radical (unpaired) electrons. The van der Waals surface area contributed by atoms with E-state index in [-0.39, 0.29) is 4.43 Å². The standard InChI is InChI=1S/C5H7BIN3O3/c6-4-2(11)3(12)5(1-7,13-4)9-10-8/h2-4,11-12H,1H2/t2-,3+,4-,5-/m1/s1. The van der Waals surface area contributed by atoms with Gasteiger partial charge in [0.25, 0.3) is 0 Å². The van der Waals surface area contributed by atoms with Gasteiger partial charge in [-0.1, -0.05) is 27.7 Å². The molecule has 1 aliphatic heterocycles. The van der Waals surface area contributed by atoms with Crippen LogP contribution in [0, 0.1) is 0 Å². The zero-order chi connectivity index (χ0) is 10.1. The topological polar surface area (TPSA) is 98.5 Å². The number of halogens is 1. The van der Waals surface area contributed by atoms with E-state index >= 15 is 0 Å². The maximum Gasteiger partial charge on any atom is 0.183 e. The first kappa shape index (κ1) is 11.1. The monoisotopic (exact) mass is 295 g/mol. The molecule has 1 fully saturated rings. The quantitative estimate of drug-likeness (QED) is 0.182. The van der Waals surface area contributed by atoms with Crippen LogP contribution < -0.4 is 0 Å². The number of aliphatic hydroxyl groups excluding tert-OH is 2. The summed E-state index contributed by atoms with van der Waals surface area (Å²) in [4.78, 5) is 2.55. The zero-order valence-corrected chi connectivity index (χ0v) is 8.70. The van der Waals surface area contributed by atoms with E-state index in [9.17, 15) is 10.2 Å².